The number of hydrogen-bond acceptors (Lipinski definition) is 5. The summed E-state index contributed by atoms with van der Waals surface area (Å²) in [6, 6.07) is 23.7. The maximum Gasteiger partial charge on any atom is 0.298 e. The van der Waals surface area contributed by atoms with Crippen molar-refractivity contribution < 1.29 is 9.21 Å². The molecule has 1 N–H and O–H groups in total. The number of benzene rings is 3. The van der Waals surface area contributed by atoms with Gasteiger partial charge in [0.2, 0.25) is 0 Å². The first-order valence-electron chi connectivity index (χ1n) is 10.2. The highest BCUT2D eigenvalue weighted by molar-refractivity contribution is 6.05. The summed E-state index contributed by atoms with van der Waals surface area (Å²) in [5, 5.41) is 2.95. The van der Waals surface area contributed by atoms with E-state index >= 15 is 0 Å². The summed E-state index contributed by atoms with van der Waals surface area (Å²) in [5.41, 5.74) is 4.88. The van der Waals surface area contributed by atoms with Gasteiger partial charge >= 0.3 is 0 Å². The summed E-state index contributed by atoms with van der Waals surface area (Å²) in [4.78, 5) is 21.3. The lowest BCUT2D eigenvalue weighted by atomic mass is 10.0. The maximum absolute atomic E-state index is 12.7. The number of oxazole rings is 1. The lowest BCUT2D eigenvalue weighted by molar-refractivity contribution is 0.102. The number of rotatable bonds is 7. The van der Waals surface area contributed by atoms with Gasteiger partial charge in [0.1, 0.15) is 5.52 Å². The fraction of sp³-hybridized carbons (Fsp3) is 0.200. The van der Waals surface area contributed by atoms with Crippen LogP contribution in [0.15, 0.2) is 77.2 Å². The largest absolute Gasteiger partial charge is 0.423 e. The molecule has 6 heteroatoms. The molecular formula is C25H26N4O2. The van der Waals surface area contributed by atoms with Gasteiger partial charge in [-0.05, 0) is 55.6 Å². The Bertz CT molecular complexity index is 1170. The Morgan fingerprint density at radius 1 is 0.903 bits per heavy atom. The minimum atomic E-state index is -0.161. The van der Waals surface area contributed by atoms with Gasteiger partial charge < -0.3 is 19.5 Å². The average Bonchev–Trinajstić information content (AvgIpc) is 3.21. The highest BCUT2D eigenvalue weighted by atomic mass is 16.4. The number of nitrogens with one attached hydrogen (secondary N) is 1. The molecule has 6 nitrogen and oxygen atoms in total. The fourth-order valence-corrected chi connectivity index (χ4v) is 3.25. The van der Waals surface area contributed by atoms with E-state index in [1.165, 1.54) is 0 Å². The molecule has 0 atom stereocenters. The van der Waals surface area contributed by atoms with Gasteiger partial charge in [-0.3, -0.25) is 4.79 Å². The van der Waals surface area contributed by atoms with Crippen LogP contribution in [0.1, 0.15) is 10.4 Å². The molecule has 3 aromatic carbocycles. The second kappa shape index (κ2) is 9.02. The molecule has 0 unspecified atom stereocenters. The number of fused-ring (bicyclic) bond motifs is 1. The van der Waals surface area contributed by atoms with E-state index in [9.17, 15) is 4.79 Å². The van der Waals surface area contributed by atoms with Crippen molar-refractivity contribution in [1.29, 1.82) is 0 Å². The number of hydrogen-bond donors (Lipinski definition) is 1. The predicted octanol–water partition coefficient (Wildman–Crippen LogP) is 4.74. The van der Waals surface area contributed by atoms with Gasteiger partial charge in [0.15, 0.2) is 5.58 Å². The second-order valence-corrected chi connectivity index (χ2v) is 7.80. The molecule has 4 aromatic rings. The Balaban J connectivity index is 1.46. The monoisotopic (exact) mass is 414 g/mol. The summed E-state index contributed by atoms with van der Waals surface area (Å²) in [6.07, 6.45) is 0. The number of carbonyl (C=O) groups excluding carboxylic acids is 1. The van der Waals surface area contributed by atoms with Crippen molar-refractivity contribution in [3.8, 4) is 11.1 Å². The quantitative estimate of drug-likeness (QED) is 0.473. The summed E-state index contributed by atoms with van der Waals surface area (Å²) in [6.45, 7) is 1.71. The number of anilines is 2. The van der Waals surface area contributed by atoms with E-state index in [-0.39, 0.29) is 5.91 Å². The van der Waals surface area contributed by atoms with E-state index in [0.717, 1.165) is 24.2 Å². The van der Waals surface area contributed by atoms with E-state index in [2.05, 4.69) is 27.3 Å². The molecule has 158 valence electrons. The molecular weight excluding hydrogens is 388 g/mol. The summed E-state index contributed by atoms with van der Waals surface area (Å²) >= 11 is 0. The van der Waals surface area contributed by atoms with Crippen LogP contribution in [0.5, 0.6) is 0 Å². The SMILES string of the molecule is CN(C)CCN(C)c1nc2cc(NC(=O)c3ccc(-c4ccccc4)cc3)ccc2o1. The smallest absolute Gasteiger partial charge is 0.298 e. The van der Waals surface area contributed by atoms with E-state index in [4.69, 9.17) is 4.42 Å². The predicted molar refractivity (Wildman–Crippen MR) is 126 cm³/mol. The number of likely N-dealkylation sites (N-methyl/N-ethyl adjacent to an activating group) is 2. The van der Waals surface area contributed by atoms with Crippen molar-refractivity contribution in [3.05, 3.63) is 78.4 Å². The number of aromatic nitrogens is 1. The first-order chi connectivity index (χ1) is 15.0. The summed E-state index contributed by atoms with van der Waals surface area (Å²) < 4.78 is 5.85. The topological polar surface area (TPSA) is 61.6 Å². The van der Waals surface area contributed by atoms with Crippen LogP contribution in [0.2, 0.25) is 0 Å². The highest BCUT2D eigenvalue weighted by Gasteiger charge is 2.12. The van der Waals surface area contributed by atoms with Crippen molar-refractivity contribution in [1.82, 2.24) is 9.88 Å². The van der Waals surface area contributed by atoms with E-state index < -0.39 is 0 Å². The molecule has 0 aliphatic carbocycles. The Hall–Kier alpha value is -3.64. The van der Waals surface area contributed by atoms with Crippen molar-refractivity contribution in [2.75, 3.05) is 44.4 Å². The van der Waals surface area contributed by atoms with E-state index in [1.807, 2.05) is 86.7 Å². The number of nitrogens with zero attached hydrogens (tertiary/aromatic N) is 3. The molecule has 1 aromatic heterocycles. The molecule has 31 heavy (non-hydrogen) atoms. The molecule has 0 spiro atoms. The minimum absolute atomic E-state index is 0.161. The van der Waals surface area contributed by atoms with Gasteiger partial charge in [-0.2, -0.15) is 4.98 Å². The molecule has 0 aliphatic heterocycles. The van der Waals surface area contributed by atoms with Gasteiger partial charge in [0.25, 0.3) is 11.9 Å². The molecule has 0 bridgehead atoms. The van der Waals surface area contributed by atoms with Crippen LogP contribution in [0.4, 0.5) is 11.7 Å². The number of amides is 1. The third-order valence-electron chi connectivity index (χ3n) is 5.10. The Labute approximate surface area is 182 Å². The minimum Gasteiger partial charge on any atom is -0.423 e. The third-order valence-corrected chi connectivity index (χ3v) is 5.10. The zero-order chi connectivity index (χ0) is 21.8. The third kappa shape index (κ3) is 4.92. The van der Waals surface area contributed by atoms with E-state index in [0.29, 0.717) is 28.4 Å². The van der Waals surface area contributed by atoms with Crippen molar-refractivity contribution in [2.24, 2.45) is 0 Å². The van der Waals surface area contributed by atoms with Crippen molar-refractivity contribution in [2.45, 2.75) is 0 Å². The first-order valence-corrected chi connectivity index (χ1v) is 10.2. The van der Waals surface area contributed by atoms with Gasteiger partial charge in [0.05, 0.1) is 0 Å². The highest BCUT2D eigenvalue weighted by Crippen LogP contribution is 2.25. The molecule has 0 saturated heterocycles. The molecule has 0 radical (unpaired) electrons. The van der Waals surface area contributed by atoms with Crippen LogP contribution in [0, 0.1) is 0 Å². The molecule has 0 fully saturated rings. The Morgan fingerprint density at radius 3 is 2.32 bits per heavy atom. The van der Waals surface area contributed by atoms with Crippen molar-refractivity contribution in [3.63, 3.8) is 0 Å². The zero-order valence-corrected chi connectivity index (χ0v) is 18.0. The van der Waals surface area contributed by atoms with Gasteiger partial charge in [0, 0.05) is 31.4 Å². The van der Waals surface area contributed by atoms with Gasteiger partial charge in [-0.1, -0.05) is 42.5 Å². The Morgan fingerprint density at radius 2 is 1.61 bits per heavy atom. The maximum atomic E-state index is 12.7. The lowest BCUT2D eigenvalue weighted by Gasteiger charge is -2.17. The Kier molecular flexibility index (Phi) is 6.00. The summed E-state index contributed by atoms with van der Waals surface area (Å²) in [5.74, 6) is -0.161. The molecule has 4 rings (SSSR count). The first kappa shape index (κ1) is 20.6. The normalized spacial score (nSPS) is 11.1. The fourth-order valence-electron chi connectivity index (χ4n) is 3.25. The zero-order valence-electron chi connectivity index (χ0n) is 18.0. The van der Waals surface area contributed by atoms with Gasteiger partial charge in [-0.15, -0.1) is 0 Å². The van der Waals surface area contributed by atoms with Crippen molar-refractivity contribution >= 4 is 28.7 Å². The molecule has 0 aliphatic rings. The van der Waals surface area contributed by atoms with Crippen LogP contribution >= 0.6 is 0 Å². The molecule has 0 saturated carbocycles. The van der Waals surface area contributed by atoms with Crippen LogP contribution in [0.25, 0.3) is 22.2 Å². The van der Waals surface area contributed by atoms with Crippen LogP contribution in [0.3, 0.4) is 0 Å². The van der Waals surface area contributed by atoms with Gasteiger partial charge in [-0.25, -0.2) is 0 Å². The second-order valence-electron chi connectivity index (χ2n) is 7.80. The van der Waals surface area contributed by atoms with Crippen LogP contribution < -0.4 is 10.2 Å². The lowest BCUT2D eigenvalue weighted by Crippen LogP contribution is -2.28. The van der Waals surface area contributed by atoms with E-state index in [1.54, 1.807) is 0 Å². The molecule has 1 amide bonds. The summed E-state index contributed by atoms with van der Waals surface area (Å²) in [7, 11) is 6.02. The van der Waals surface area contributed by atoms with Crippen LogP contribution in [-0.2, 0) is 0 Å². The van der Waals surface area contributed by atoms with Crippen LogP contribution in [-0.4, -0.2) is 50.0 Å². The number of carbonyl (C=O) groups is 1. The standard InChI is InChI=1S/C25H26N4O2/c1-28(2)15-16-29(3)25-27-22-17-21(13-14-23(22)31-25)26-24(30)20-11-9-19(10-12-20)18-7-5-4-6-8-18/h4-14,17H,15-16H2,1-3H3,(H,26,30). The molecule has 1 heterocycles. The average molecular weight is 415 g/mol.